The van der Waals surface area contributed by atoms with Crippen LogP contribution in [0.2, 0.25) is 0 Å². The fourth-order valence-corrected chi connectivity index (χ4v) is 2.35. The van der Waals surface area contributed by atoms with E-state index in [4.69, 9.17) is 14.6 Å². The maximum absolute atomic E-state index is 10.9. The Labute approximate surface area is 130 Å². The average Bonchev–Trinajstić information content (AvgIpc) is 2.53. The zero-order chi connectivity index (χ0) is 15.8. The molecule has 1 N–H and O–H groups in total. The molecular formula is C18H20O4. The normalized spacial score (nSPS) is 11.9. The summed E-state index contributed by atoms with van der Waals surface area (Å²) in [4.78, 5) is 10.9. The van der Waals surface area contributed by atoms with E-state index in [1.54, 1.807) is 12.1 Å². The molecule has 0 saturated heterocycles. The highest BCUT2D eigenvalue weighted by molar-refractivity contribution is 5.62. The van der Waals surface area contributed by atoms with Gasteiger partial charge < -0.3 is 14.6 Å². The van der Waals surface area contributed by atoms with E-state index in [-0.39, 0.29) is 5.92 Å². The van der Waals surface area contributed by atoms with Crippen molar-refractivity contribution in [1.29, 1.82) is 0 Å². The van der Waals surface area contributed by atoms with Crippen molar-refractivity contribution < 1.29 is 19.4 Å². The molecule has 4 nitrogen and oxygen atoms in total. The fraction of sp³-hybridized carbons (Fsp3) is 0.278. The minimum Gasteiger partial charge on any atom is -0.449 e. The summed E-state index contributed by atoms with van der Waals surface area (Å²) < 4.78 is 10.6. The molecule has 116 valence electrons. The molecule has 0 fully saturated rings. The number of benzene rings is 2. The summed E-state index contributed by atoms with van der Waals surface area (Å²) in [5.74, 6) is 0.284. The lowest BCUT2D eigenvalue weighted by Crippen LogP contribution is -2.13. The van der Waals surface area contributed by atoms with E-state index in [0.29, 0.717) is 19.0 Å². The van der Waals surface area contributed by atoms with Crippen LogP contribution in [0.3, 0.4) is 0 Å². The second kappa shape index (κ2) is 8.20. The zero-order valence-corrected chi connectivity index (χ0v) is 12.6. The maximum atomic E-state index is 10.9. The zero-order valence-electron chi connectivity index (χ0n) is 12.6. The van der Waals surface area contributed by atoms with Crippen molar-refractivity contribution in [2.75, 3.05) is 13.2 Å². The van der Waals surface area contributed by atoms with Crippen molar-refractivity contribution in [3.63, 3.8) is 0 Å². The standard InChI is InChI=1S/C18H20O4/c1-2-12-21-13-16(14-8-4-3-5-9-14)15-10-6-7-11-17(15)22-18(19)20/h3-11,16H,2,12-13H2,1H3,(H,19,20). The molecule has 0 amide bonds. The van der Waals surface area contributed by atoms with Crippen molar-refractivity contribution in [1.82, 2.24) is 0 Å². The van der Waals surface area contributed by atoms with Gasteiger partial charge in [-0.3, -0.25) is 0 Å². The number of ether oxygens (including phenoxy) is 2. The number of hydrogen-bond acceptors (Lipinski definition) is 3. The third kappa shape index (κ3) is 4.33. The highest BCUT2D eigenvalue weighted by Crippen LogP contribution is 2.32. The first kappa shape index (κ1) is 16.0. The van der Waals surface area contributed by atoms with Gasteiger partial charge in [0, 0.05) is 18.1 Å². The van der Waals surface area contributed by atoms with E-state index in [1.165, 1.54) is 0 Å². The molecule has 0 saturated carbocycles. The molecule has 0 aliphatic heterocycles. The van der Waals surface area contributed by atoms with E-state index < -0.39 is 6.16 Å². The molecule has 1 atom stereocenters. The summed E-state index contributed by atoms with van der Waals surface area (Å²) in [7, 11) is 0. The Bertz CT molecular complexity index is 595. The summed E-state index contributed by atoms with van der Waals surface area (Å²) in [5, 5.41) is 8.90. The second-order valence-electron chi connectivity index (χ2n) is 4.94. The van der Waals surface area contributed by atoms with Gasteiger partial charge in [0.1, 0.15) is 5.75 Å². The monoisotopic (exact) mass is 300 g/mol. The Morgan fingerprint density at radius 3 is 2.45 bits per heavy atom. The predicted molar refractivity (Wildman–Crippen MR) is 84.5 cm³/mol. The Kier molecular flexibility index (Phi) is 5.98. The Hall–Kier alpha value is -2.33. The average molecular weight is 300 g/mol. The summed E-state index contributed by atoms with van der Waals surface area (Å²) in [6.45, 7) is 3.21. The van der Waals surface area contributed by atoms with Crippen LogP contribution in [0.15, 0.2) is 54.6 Å². The van der Waals surface area contributed by atoms with Gasteiger partial charge in [0.2, 0.25) is 0 Å². The van der Waals surface area contributed by atoms with Gasteiger partial charge in [-0.2, -0.15) is 0 Å². The van der Waals surface area contributed by atoms with Gasteiger partial charge in [0.15, 0.2) is 0 Å². The van der Waals surface area contributed by atoms with Gasteiger partial charge in [-0.25, -0.2) is 4.79 Å². The van der Waals surface area contributed by atoms with Crippen molar-refractivity contribution in [3.05, 3.63) is 65.7 Å². The van der Waals surface area contributed by atoms with Crippen molar-refractivity contribution in [2.24, 2.45) is 0 Å². The second-order valence-corrected chi connectivity index (χ2v) is 4.94. The molecule has 22 heavy (non-hydrogen) atoms. The minimum atomic E-state index is -1.31. The first-order valence-corrected chi connectivity index (χ1v) is 7.34. The molecule has 2 rings (SSSR count). The van der Waals surface area contributed by atoms with Crippen molar-refractivity contribution >= 4 is 6.16 Å². The van der Waals surface area contributed by atoms with E-state index in [9.17, 15) is 4.79 Å². The van der Waals surface area contributed by atoms with Crippen LogP contribution in [-0.4, -0.2) is 24.5 Å². The number of rotatable bonds is 7. The molecule has 0 spiro atoms. The van der Waals surface area contributed by atoms with Crippen LogP contribution in [0.5, 0.6) is 5.75 Å². The molecule has 0 heterocycles. The van der Waals surface area contributed by atoms with Crippen LogP contribution in [0.4, 0.5) is 4.79 Å². The Morgan fingerprint density at radius 2 is 1.77 bits per heavy atom. The molecule has 1 unspecified atom stereocenters. The molecule has 4 heteroatoms. The number of hydrogen-bond donors (Lipinski definition) is 1. The maximum Gasteiger partial charge on any atom is 0.511 e. The molecule has 0 bridgehead atoms. The highest BCUT2D eigenvalue weighted by atomic mass is 16.7. The van der Waals surface area contributed by atoms with Gasteiger partial charge >= 0.3 is 6.16 Å². The van der Waals surface area contributed by atoms with Crippen LogP contribution in [0.1, 0.15) is 30.4 Å². The van der Waals surface area contributed by atoms with Crippen molar-refractivity contribution in [3.8, 4) is 5.75 Å². The SMILES string of the molecule is CCCOCC(c1ccccc1)c1ccccc1OC(=O)O. The molecule has 2 aromatic carbocycles. The fourth-order valence-electron chi connectivity index (χ4n) is 2.35. The summed E-state index contributed by atoms with van der Waals surface area (Å²) in [6, 6.07) is 17.1. The van der Waals surface area contributed by atoms with E-state index in [0.717, 1.165) is 17.5 Å². The van der Waals surface area contributed by atoms with Gasteiger partial charge in [-0.1, -0.05) is 55.5 Å². The third-order valence-electron chi connectivity index (χ3n) is 3.33. The molecular weight excluding hydrogens is 280 g/mol. The molecule has 0 aliphatic rings. The lowest BCUT2D eigenvalue weighted by molar-refractivity contribution is 0.125. The summed E-state index contributed by atoms with van der Waals surface area (Å²) in [6.07, 6.45) is -0.372. The Balaban J connectivity index is 2.34. The lowest BCUT2D eigenvalue weighted by atomic mass is 9.91. The predicted octanol–water partition coefficient (Wildman–Crippen LogP) is 4.30. The third-order valence-corrected chi connectivity index (χ3v) is 3.33. The number of carboxylic acid groups (broad SMARTS) is 1. The lowest BCUT2D eigenvalue weighted by Gasteiger charge is -2.20. The van der Waals surface area contributed by atoms with Crippen molar-refractivity contribution in [2.45, 2.75) is 19.3 Å². The summed E-state index contributed by atoms with van der Waals surface area (Å²) in [5.41, 5.74) is 1.88. The van der Waals surface area contributed by atoms with E-state index >= 15 is 0 Å². The van der Waals surface area contributed by atoms with Crippen LogP contribution in [0, 0.1) is 0 Å². The first-order valence-electron chi connectivity index (χ1n) is 7.34. The van der Waals surface area contributed by atoms with Gasteiger partial charge in [-0.15, -0.1) is 0 Å². The molecule has 0 aromatic heterocycles. The van der Waals surface area contributed by atoms with E-state index in [1.807, 2.05) is 42.5 Å². The quantitative estimate of drug-likeness (QED) is 0.470. The topological polar surface area (TPSA) is 55.8 Å². The van der Waals surface area contributed by atoms with E-state index in [2.05, 4.69) is 6.92 Å². The summed E-state index contributed by atoms with van der Waals surface area (Å²) >= 11 is 0. The number of para-hydroxylation sites is 1. The number of carbonyl (C=O) groups is 1. The Morgan fingerprint density at radius 1 is 1.09 bits per heavy atom. The van der Waals surface area contributed by atoms with Gasteiger partial charge in [0.25, 0.3) is 0 Å². The van der Waals surface area contributed by atoms with Gasteiger partial charge in [-0.05, 0) is 18.1 Å². The minimum absolute atomic E-state index is 0.0664. The first-order chi connectivity index (χ1) is 10.7. The molecule has 0 aliphatic carbocycles. The smallest absolute Gasteiger partial charge is 0.449 e. The molecule has 2 aromatic rings. The molecule has 0 radical (unpaired) electrons. The van der Waals surface area contributed by atoms with Crippen LogP contribution in [0.25, 0.3) is 0 Å². The van der Waals surface area contributed by atoms with Crippen LogP contribution in [-0.2, 0) is 4.74 Å². The highest BCUT2D eigenvalue weighted by Gasteiger charge is 2.19. The van der Waals surface area contributed by atoms with Crippen LogP contribution < -0.4 is 4.74 Å². The van der Waals surface area contributed by atoms with Crippen LogP contribution >= 0.6 is 0 Å². The largest absolute Gasteiger partial charge is 0.511 e. The van der Waals surface area contributed by atoms with Gasteiger partial charge in [0.05, 0.1) is 6.61 Å².